The molecule has 2 aromatic rings. The fraction of sp³-hybridized carbons (Fsp3) is 0.133. The van der Waals surface area contributed by atoms with Gasteiger partial charge in [-0.05, 0) is 24.3 Å². The van der Waals surface area contributed by atoms with Crippen molar-refractivity contribution < 1.29 is 17.9 Å². The molecular weight excluding hydrogens is 290 g/mol. The maximum absolute atomic E-state index is 12.7. The van der Waals surface area contributed by atoms with E-state index in [1.54, 1.807) is 42.5 Å². The number of para-hydroxylation sites is 1. The van der Waals surface area contributed by atoms with Crippen LogP contribution in [0.25, 0.3) is 0 Å². The lowest BCUT2D eigenvalue weighted by Gasteiger charge is -2.20. The predicted octanol–water partition coefficient (Wildman–Crippen LogP) is 2.30. The number of hydrogen-bond donors (Lipinski definition) is 0. The third kappa shape index (κ3) is 2.90. The Bertz CT molecular complexity index is 741. The van der Waals surface area contributed by atoms with Crippen molar-refractivity contribution in [2.75, 3.05) is 18.5 Å². The van der Waals surface area contributed by atoms with Crippen LogP contribution < -0.4 is 4.31 Å². The van der Waals surface area contributed by atoms with Crippen molar-refractivity contribution in [3.05, 3.63) is 60.2 Å². The number of sulfonamides is 1. The normalized spacial score (nSPS) is 11.0. The van der Waals surface area contributed by atoms with Crippen LogP contribution >= 0.6 is 0 Å². The number of carbonyl (C=O) groups excluding carboxylic acids is 1. The van der Waals surface area contributed by atoms with Crippen molar-refractivity contribution in [3.63, 3.8) is 0 Å². The summed E-state index contributed by atoms with van der Waals surface area (Å²) in [7, 11) is -1.19. The Hall–Kier alpha value is -2.34. The van der Waals surface area contributed by atoms with Gasteiger partial charge in [-0.1, -0.05) is 30.3 Å². The summed E-state index contributed by atoms with van der Waals surface area (Å²) in [6.45, 7) is 0. The third-order valence-electron chi connectivity index (χ3n) is 3.05. The minimum absolute atomic E-state index is 0.0165. The molecule has 0 bridgehead atoms. The Morgan fingerprint density at radius 2 is 1.57 bits per heavy atom. The molecule has 0 atom stereocenters. The molecule has 0 aromatic heterocycles. The third-order valence-corrected chi connectivity index (χ3v) is 4.89. The minimum Gasteiger partial charge on any atom is -0.465 e. The number of methoxy groups -OCH3 is 1. The van der Waals surface area contributed by atoms with Crippen LogP contribution in [0.4, 0.5) is 5.69 Å². The maximum atomic E-state index is 12.7. The Kier molecular flexibility index (Phi) is 4.28. The second-order valence-electron chi connectivity index (χ2n) is 4.30. The lowest BCUT2D eigenvalue weighted by molar-refractivity contribution is 0.0596. The van der Waals surface area contributed by atoms with Gasteiger partial charge in [0.1, 0.15) is 4.90 Å². The van der Waals surface area contributed by atoms with Crippen LogP contribution in [0.2, 0.25) is 0 Å². The lowest BCUT2D eigenvalue weighted by atomic mass is 10.2. The highest BCUT2D eigenvalue weighted by molar-refractivity contribution is 7.92. The van der Waals surface area contributed by atoms with Gasteiger partial charge in [-0.15, -0.1) is 0 Å². The number of nitrogens with zero attached hydrogens (tertiary/aromatic N) is 1. The van der Waals surface area contributed by atoms with E-state index in [1.165, 1.54) is 26.3 Å². The van der Waals surface area contributed by atoms with E-state index in [2.05, 4.69) is 4.74 Å². The Balaban J connectivity index is 2.53. The van der Waals surface area contributed by atoms with Gasteiger partial charge < -0.3 is 4.74 Å². The molecule has 0 spiro atoms. The molecule has 2 rings (SSSR count). The topological polar surface area (TPSA) is 63.7 Å². The molecule has 21 heavy (non-hydrogen) atoms. The van der Waals surface area contributed by atoms with Gasteiger partial charge in [-0.3, -0.25) is 4.31 Å². The van der Waals surface area contributed by atoms with E-state index >= 15 is 0 Å². The number of hydrogen-bond acceptors (Lipinski definition) is 4. The van der Waals surface area contributed by atoms with Crippen LogP contribution in [0, 0.1) is 0 Å². The molecule has 0 N–H and O–H groups in total. The van der Waals surface area contributed by atoms with Crippen LogP contribution in [0.3, 0.4) is 0 Å². The number of benzene rings is 2. The first-order valence-electron chi connectivity index (χ1n) is 6.20. The van der Waals surface area contributed by atoms with Gasteiger partial charge in [-0.25, -0.2) is 13.2 Å². The fourth-order valence-electron chi connectivity index (χ4n) is 1.89. The monoisotopic (exact) mass is 305 g/mol. The molecule has 0 saturated heterocycles. The van der Waals surface area contributed by atoms with Gasteiger partial charge in [0.15, 0.2) is 0 Å². The van der Waals surface area contributed by atoms with Crippen molar-refractivity contribution in [3.8, 4) is 0 Å². The van der Waals surface area contributed by atoms with Crippen molar-refractivity contribution in [1.29, 1.82) is 0 Å². The second-order valence-corrected chi connectivity index (χ2v) is 6.23. The molecule has 0 aliphatic carbocycles. The van der Waals surface area contributed by atoms with Crippen molar-refractivity contribution in [1.82, 2.24) is 0 Å². The molecule has 0 amide bonds. The number of rotatable bonds is 4. The van der Waals surface area contributed by atoms with E-state index in [4.69, 9.17) is 0 Å². The lowest BCUT2D eigenvalue weighted by Crippen LogP contribution is -2.28. The standard InChI is InChI=1S/C15H15NO4S/c1-16(12-8-4-3-5-9-12)21(18,19)14-11-7-6-10-13(14)15(17)20-2/h3-11H,1-2H3. The summed E-state index contributed by atoms with van der Waals surface area (Å²) in [5.41, 5.74) is 0.528. The van der Waals surface area contributed by atoms with Crippen molar-refractivity contribution >= 4 is 21.7 Å². The van der Waals surface area contributed by atoms with Crippen molar-refractivity contribution in [2.24, 2.45) is 0 Å². The van der Waals surface area contributed by atoms with E-state index in [9.17, 15) is 13.2 Å². The van der Waals surface area contributed by atoms with E-state index in [1.807, 2.05) is 0 Å². The Morgan fingerprint density at radius 3 is 2.19 bits per heavy atom. The highest BCUT2D eigenvalue weighted by atomic mass is 32.2. The zero-order valence-corrected chi connectivity index (χ0v) is 12.5. The fourth-order valence-corrected chi connectivity index (χ4v) is 3.27. The molecular formula is C15H15NO4S. The summed E-state index contributed by atoms with van der Waals surface area (Å²) in [5, 5.41) is 0. The number of anilines is 1. The average molecular weight is 305 g/mol. The highest BCUT2D eigenvalue weighted by Crippen LogP contribution is 2.24. The van der Waals surface area contributed by atoms with Crippen LogP contribution in [0.15, 0.2) is 59.5 Å². The molecule has 0 radical (unpaired) electrons. The summed E-state index contributed by atoms with van der Waals surface area (Å²) in [5.74, 6) is -0.685. The summed E-state index contributed by atoms with van der Waals surface area (Å²) in [4.78, 5) is 11.7. The molecule has 5 nitrogen and oxygen atoms in total. The van der Waals surface area contributed by atoms with Gasteiger partial charge in [0.2, 0.25) is 0 Å². The maximum Gasteiger partial charge on any atom is 0.339 e. The van der Waals surface area contributed by atoms with E-state index < -0.39 is 16.0 Å². The zero-order valence-electron chi connectivity index (χ0n) is 11.7. The van der Waals surface area contributed by atoms with E-state index in [0.717, 1.165) is 4.31 Å². The van der Waals surface area contributed by atoms with Crippen LogP contribution in [-0.2, 0) is 14.8 Å². The van der Waals surface area contributed by atoms with Gasteiger partial charge in [0, 0.05) is 7.05 Å². The molecule has 0 aliphatic rings. The molecule has 110 valence electrons. The van der Waals surface area contributed by atoms with Crippen LogP contribution in [0.1, 0.15) is 10.4 Å². The Labute approximate surface area is 123 Å². The zero-order chi connectivity index (χ0) is 15.5. The molecule has 0 heterocycles. The van der Waals surface area contributed by atoms with Crippen LogP contribution in [0.5, 0.6) is 0 Å². The SMILES string of the molecule is COC(=O)c1ccccc1S(=O)(=O)N(C)c1ccccc1. The van der Waals surface area contributed by atoms with E-state index in [-0.39, 0.29) is 10.5 Å². The van der Waals surface area contributed by atoms with Crippen molar-refractivity contribution in [2.45, 2.75) is 4.90 Å². The number of ether oxygens (including phenoxy) is 1. The number of esters is 1. The first kappa shape index (κ1) is 15.1. The summed E-state index contributed by atoms with van der Waals surface area (Å²) in [6.07, 6.45) is 0. The summed E-state index contributed by atoms with van der Waals surface area (Å²) < 4.78 is 31.2. The average Bonchev–Trinajstić information content (AvgIpc) is 2.54. The number of carbonyl (C=O) groups is 1. The second kappa shape index (κ2) is 5.97. The first-order chi connectivity index (χ1) is 9.98. The summed E-state index contributed by atoms with van der Waals surface area (Å²) in [6, 6.07) is 14.6. The molecule has 0 unspecified atom stereocenters. The van der Waals surface area contributed by atoms with Gasteiger partial charge in [-0.2, -0.15) is 0 Å². The Morgan fingerprint density at radius 1 is 1.00 bits per heavy atom. The van der Waals surface area contributed by atoms with Gasteiger partial charge in [0.05, 0.1) is 18.4 Å². The smallest absolute Gasteiger partial charge is 0.339 e. The molecule has 0 fully saturated rings. The minimum atomic E-state index is -3.85. The quantitative estimate of drug-likeness (QED) is 0.813. The van der Waals surface area contributed by atoms with Gasteiger partial charge >= 0.3 is 5.97 Å². The predicted molar refractivity (Wildman–Crippen MR) is 79.8 cm³/mol. The van der Waals surface area contributed by atoms with Gasteiger partial charge in [0.25, 0.3) is 10.0 Å². The highest BCUT2D eigenvalue weighted by Gasteiger charge is 2.26. The molecule has 6 heteroatoms. The first-order valence-corrected chi connectivity index (χ1v) is 7.64. The largest absolute Gasteiger partial charge is 0.465 e. The molecule has 0 aliphatic heterocycles. The van der Waals surface area contributed by atoms with E-state index in [0.29, 0.717) is 5.69 Å². The summed E-state index contributed by atoms with van der Waals surface area (Å²) >= 11 is 0. The molecule has 0 saturated carbocycles. The molecule has 2 aromatic carbocycles. The van der Waals surface area contributed by atoms with Crippen LogP contribution in [-0.4, -0.2) is 28.5 Å².